The molecule has 164 valence electrons. The maximum Gasteiger partial charge on any atom is 0.246 e. The number of hydrogen-bond acceptors (Lipinski definition) is 5. The van der Waals surface area contributed by atoms with Crippen molar-refractivity contribution in [1.29, 1.82) is 0 Å². The Bertz CT molecular complexity index is 1170. The van der Waals surface area contributed by atoms with E-state index < -0.39 is 15.9 Å². The van der Waals surface area contributed by atoms with Crippen molar-refractivity contribution in [3.05, 3.63) is 60.2 Å². The van der Waals surface area contributed by atoms with Crippen molar-refractivity contribution in [2.75, 3.05) is 18.4 Å². The van der Waals surface area contributed by atoms with Crippen LogP contribution in [-0.2, 0) is 28.4 Å². The topological polar surface area (TPSA) is 102 Å². The molecule has 9 nitrogen and oxygen atoms in total. The van der Waals surface area contributed by atoms with Crippen molar-refractivity contribution in [3.63, 3.8) is 0 Å². The highest BCUT2D eigenvalue weighted by atomic mass is 32.2. The van der Waals surface area contributed by atoms with E-state index in [1.165, 1.54) is 26.9 Å². The van der Waals surface area contributed by atoms with Crippen molar-refractivity contribution in [2.45, 2.75) is 31.2 Å². The highest BCUT2D eigenvalue weighted by Gasteiger charge is 2.34. The molecule has 0 bridgehead atoms. The zero-order valence-corrected chi connectivity index (χ0v) is 18.4. The number of anilines is 1. The lowest BCUT2D eigenvalue weighted by Crippen LogP contribution is -2.43. The van der Waals surface area contributed by atoms with Gasteiger partial charge in [-0.1, -0.05) is 29.8 Å². The molecule has 1 aromatic carbocycles. The van der Waals surface area contributed by atoms with Gasteiger partial charge in [-0.3, -0.25) is 14.2 Å². The molecule has 0 spiro atoms. The molecule has 3 aromatic rings. The standard InChI is InChI=1S/C21H26N6O3S/c1-16-5-7-17(8-6-16)12-26-14-19(10-23-26)24-21(28)18-4-3-9-27(13-18)31(29,30)20-11-22-25(2)15-20/h5-8,10-11,14-15,18H,3-4,9,12-13H2,1-2H3,(H,24,28)/t18-/m1/s1. The minimum absolute atomic E-state index is 0.147. The number of sulfonamides is 1. The van der Waals surface area contributed by atoms with Crippen LogP contribution in [0.25, 0.3) is 0 Å². The number of nitrogens with one attached hydrogen (secondary N) is 1. The van der Waals surface area contributed by atoms with Crippen molar-refractivity contribution >= 4 is 21.6 Å². The summed E-state index contributed by atoms with van der Waals surface area (Å²) in [5.41, 5.74) is 2.92. The summed E-state index contributed by atoms with van der Waals surface area (Å²) < 4.78 is 30.3. The van der Waals surface area contributed by atoms with Gasteiger partial charge in [0.25, 0.3) is 0 Å². The van der Waals surface area contributed by atoms with E-state index in [0.29, 0.717) is 31.6 Å². The Labute approximate surface area is 181 Å². The van der Waals surface area contributed by atoms with Gasteiger partial charge in [0.05, 0.1) is 30.5 Å². The minimum Gasteiger partial charge on any atom is -0.323 e. The van der Waals surface area contributed by atoms with Crippen LogP contribution in [0.1, 0.15) is 24.0 Å². The maximum absolute atomic E-state index is 12.9. The van der Waals surface area contributed by atoms with Gasteiger partial charge in [-0.15, -0.1) is 0 Å². The fourth-order valence-electron chi connectivity index (χ4n) is 3.70. The molecule has 3 heterocycles. The molecular weight excluding hydrogens is 416 g/mol. The van der Waals surface area contributed by atoms with Gasteiger partial charge in [-0.2, -0.15) is 14.5 Å². The molecule has 1 fully saturated rings. The van der Waals surface area contributed by atoms with Crippen LogP contribution in [0.4, 0.5) is 5.69 Å². The first-order chi connectivity index (χ1) is 14.8. The smallest absolute Gasteiger partial charge is 0.246 e. The van der Waals surface area contributed by atoms with Gasteiger partial charge in [0, 0.05) is 32.5 Å². The average molecular weight is 443 g/mol. The Kier molecular flexibility index (Phi) is 5.92. The molecule has 10 heteroatoms. The van der Waals surface area contributed by atoms with Crippen molar-refractivity contribution < 1.29 is 13.2 Å². The second kappa shape index (κ2) is 8.64. The fraction of sp³-hybridized carbons (Fsp3) is 0.381. The van der Waals surface area contributed by atoms with Crippen molar-refractivity contribution in [1.82, 2.24) is 23.9 Å². The summed E-state index contributed by atoms with van der Waals surface area (Å²) in [7, 11) is -1.99. The number of carbonyl (C=O) groups is 1. The zero-order valence-electron chi connectivity index (χ0n) is 17.6. The number of benzene rings is 1. The molecule has 1 amide bonds. The molecule has 0 aliphatic carbocycles. The third kappa shape index (κ3) is 4.86. The highest BCUT2D eigenvalue weighted by molar-refractivity contribution is 7.89. The number of hydrogen-bond donors (Lipinski definition) is 1. The lowest BCUT2D eigenvalue weighted by Gasteiger charge is -2.30. The van der Waals surface area contributed by atoms with Gasteiger partial charge in [-0.05, 0) is 25.3 Å². The first-order valence-corrected chi connectivity index (χ1v) is 11.6. The van der Waals surface area contributed by atoms with Crippen LogP contribution in [0.15, 0.2) is 53.9 Å². The molecule has 1 atom stereocenters. The van der Waals surface area contributed by atoms with Crippen LogP contribution in [0.3, 0.4) is 0 Å². The third-order valence-corrected chi connectivity index (χ3v) is 7.26. The monoisotopic (exact) mass is 442 g/mol. The van der Waals surface area contributed by atoms with Crippen molar-refractivity contribution in [2.24, 2.45) is 13.0 Å². The van der Waals surface area contributed by atoms with Gasteiger partial charge in [0.1, 0.15) is 4.90 Å². The predicted octanol–water partition coefficient (Wildman–Crippen LogP) is 2.01. The van der Waals surface area contributed by atoms with Crippen LogP contribution in [0.2, 0.25) is 0 Å². The van der Waals surface area contributed by atoms with Gasteiger partial charge in [0.15, 0.2) is 0 Å². The summed E-state index contributed by atoms with van der Waals surface area (Å²) in [6.45, 7) is 3.20. The van der Waals surface area contributed by atoms with Crippen LogP contribution < -0.4 is 5.32 Å². The predicted molar refractivity (Wildman–Crippen MR) is 116 cm³/mol. The Morgan fingerprint density at radius 1 is 1.16 bits per heavy atom. The molecular formula is C21H26N6O3S. The minimum atomic E-state index is -3.66. The van der Waals surface area contributed by atoms with E-state index in [2.05, 4.69) is 39.8 Å². The molecule has 1 aliphatic heterocycles. The van der Waals surface area contributed by atoms with Gasteiger partial charge in [0.2, 0.25) is 15.9 Å². The van der Waals surface area contributed by atoms with E-state index in [4.69, 9.17) is 0 Å². The normalized spacial score (nSPS) is 17.5. The number of carbonyl (C=O) groups excluding carboxylic acids is 1. The van der Waals surface area contributed by atoms with E-state index in [-0.39, 0.29) is 17.3 Å². The Morgan fingerprint density at radius 2 is 1.94 bits per heavy atom. The first kappa shape index (κ1) is 21.3. The fourth-order valence-corrected chi connectivity index (χ4v) is 5.21. The first-order valence-electron chi connectivity index (χ1n) is 10.2. The molecule has 0 unspecified atom stereocenters. The van der Waals surface area contributed by atoms with E-state index in [1.807, 2.05) is 6.92 Å². The summed E-state index contributed by atoms with van der Waals surface area (Å²) in [5, 5.41) is 11.1. The van der Waals surface area contributed by atoms with Gasteiger partial charge >= 0.3 is 0 Å². The third-order valence-electron chi connectivity index (χ3n) is 5.44. The lowest BCUT2D eigenvalue weighted by atomic mass is 9.99. The maximum atomic E-state index is 12.9. The number of aromatic nitrogens is 4. The number of nitrogens with zero attached hydrogens (tertiary/aromatic N) is 5. The Morgan fingerprint density at radius 3 is 2.65 bits per heavy atom. The quantitative estimate of drug-likeness (QED) is 0.629. The molecule has 4 rings (SSSR count). The van der Waals surface area contributed by atoms with E-state index >= 15 is 0 Å². The molecule has 0 saturated carbocycles. The SMILES string of the molecule is Cc1ccc(Cn2cc(NC(=O)[C@@H]3CCCN(S(=O)(=O)c4cnn(C)c4)C3)cn2)cc1. The number of piperidine rings is 1. The van der Waals surface area contributed by atoms with Crippen LogP contribution in [-0.4, -0.2) is 51.3 Å². The van der Waals surface area contributed by atoms with E-state index in [0.717, 1.165) is 5.56 Å². The van der Waals surface area contributed by atoms with Gasteiger partial charge in [-0.25, -0.2) is 8.42 Å². The zero-order chi connectivity index (χ0) is 22.0. The largest absolute Gasteiger partial charge is 0.323 e. The Balaban J connectivity index is 1.38. The summed E-state index contributed by atoms with van der Waals surface area (Å²) in [6.07, 6.45) is 7.47. The number of amides is 1. The summed E-state index contributed by atoms with van der Waals surface area (Å²) in [5.74, 6) is -0.610. The summed E-state index contributed by atoms with van der Waals surface area (Å²) in [4.78, 5) is 12.9. The summed E-state index contributed by atoms with van der Waals surface area (Å²) >= 11 is 0. The van der Waals surface area contributed by atoms with Crippen LogP contribution in [0, 0.1) is 12.8 Å². The molecule has 2 aromatic heterocycles. The van der Waals surface area contributed by atoms with Gasteiger partial charge < -0.3 is 5.32 Å². The Hall–Kier alpha value is -2.98. The lowest BCUT2D eigenvalue weighted by molar-refractivity contribution is -0.120. The number of rotatable bonds is 6. The number of aryl methyl sites for hydroxylation is 2. The van der Waals surface area contributed by atoms with Crippen LogP contribution in [0.5, 0.6) is 0 Å². The van der Waals surface area contributed by atoms with E-state index in [1.54, 1.807) is 24.1 Å². The second-order valence-electron chi connectivity index (χ2n) is 7.95. The van der Waals surface area contributed by atoms with Crippen molar-refractivity contribution in [3.8, 4) is 0 Å². The summed E-state index contributed by atoms with van der Waals surface area (Å²) in [6, 6.07) is 8.20. The second-order valence-corrected chi connectivity index (χ2v) is 9.89. The van der Waals surface area contributed by atoms with E-state index in [9.17, 15) is 13.2 Å². The molecule has 1 aliphatic rings. The molecule has 31 heavy (non-hydrogen) atoms. The molecule has 0 radical (unpaired) electrons. The molecule has 1 saturated heterocycles. The molecule has 1 N–H and O–H groups in total. The van der Waals surface area contributed by atoms with Crippen LogP contribution >= 0.6 is 0 Å². The average Bonchev–Trinajstić information content (AvgIpc) is 3.39. The highest BCUT2D eigenvalue weighted by Crippen LogP contribution is 2.24.